The van der Waals surface area contributed by atoms with E-state index < -0.39 is 23.3 Å². The van der Waals surface area contributed by atoms with Crippen LogP contribution in [0.5, 0.6) is 0 Å². The van der Waals surface area contributed by atoms with Crippen LogP contribution in [0.1, 0.15) is 48.0 Å². The molecule has 0 aliphatic carbocycles. The molecule has 2 unspecified atom stereocenters. The molecule has 0 heterocycles. The first-order valence-electron chi connectivity index (χ1n) is 12.8. The van der Waals surface area contributed by atoms with E-state index in [1.54, 1.807) is 12.2 Å². The van der Waals surface area contributed by atoms with E-state index in [4.69, 9.17) is 28.4 Å². The van der Waals surface area contributed by atoms with Crippen molar-refractivity contribution < 1.29 is 42.8 Å². The Morgan fingerprint density at radius 1 is 0.692 bits per heavy atom. The fourth-order valence-corrected chi connectivity index (χ4v) is 2.40. The molecule has 39 heavy (non-hydrogen) atoms. The molecule has 0 aromatic carbocycles. The molecule has 9 heteroatoms. The van der Waals surface area contributed by atoms with Crippen molar-refractivity contribution >= 4 is 17.9 Å². The van der Waals surface area contributed by atoms with E-state index in [0.29, 0.717) is 32.8 Å². The Morgan fingerprint density at radius 3 is 1.41 bits per heavy atom. The number of esters is 3. The molecule has 0 aromatic rings. The maximum absolute atomic E-state index is 11.6. The van der Waals surface area contributed by atoms with Gasteiger partial charge in [0.25, 0.3) is 0 Å². The summed E-state index contributed by atoms with van der Waals surface area (Å²) in [7, 11) is 0. The van der Waals surface area contributed by atoms with Crippen LogP contribution in [0.2, 0.25) is 0 Å². The van der Waals surface area contributed by atoms with Crippen LogP contribution in [0.4, 0.5) is 0 Å². The van der Waals surface area contributed by atoms with Crippen molar-refractivity contribution in [2.75, 3.05) is 46.2 Å². The zero-order valence-electron chi connectivity index (χ0n) is 24.7. The summed E-state index contributed by atoms with van der Waals surface area (Å²) in [4.78, 5) is 34.9. The molecule has 0 saturated heterocycles. The second-order valence-corrected chi connectivity index (χ2v) is 9.33. The third-order valence-corrected chi connectivity index (χ3v) is 5.03. The minimum absolute atomic E-state index is 0.0812. The van der Waals surface area contributed by atoms with E-state index in [1.807, 2.05) is 20.8 Å². The Bertz CT molecular complexity index is 754. The van der Waals surface area contributed by atoms with Crippen molar-refractivity contribution in [3.8, 4) is 0 Å². The van der Waals surface area contributed by atoms with E-state index in [-0.39, 0.29) is 48.7 Å². The fourth-order valence-electron chi connectivity index (χ4n) is 2.40. The van der Waals surface area contributed by atoms with E-state index in [2.05, 4.69) is 32.9 Å². The molecule has 0 aromatic heterocycles. The van der Waals surface area contributed by atoms with Gasteiger partial charge in [-0.1, -0.05) is 38.8 Å². The largest absolute Gasteiger partial charge is 0.461 e. The number of rotatable bonds is 20. The van der Waals surface area contributed by atoms with Gasteiger partial charge in [-0.25, -0.2) is 14.4 Å². The van der Waals surface area contributed by atoms with Gasteiger partial charge in [0.2, 0.25) is 0 Å². The quantitative estimate of drug-likeness (QED) is 0.0683. The summed E-state index contributed by atoms with van der Waals surface area (Å²) in [6, 6.07) is 0. The fraction of sp³-hybridized carbons (Fsp3) is 0.567. The monoisotopic (exact) mass is 552 g/mol. The average molecular weight is 553 g/mol. The molecule has 0 N–H and O–H groups in total. The standard InChI is InChI=1S/C18H26O6.C12H22O3/c1-8-18(9-22-15(19)12(2)3,10-23-16(20)13(4)5)11-24-17(21)14(6)7;1-5-7-13-9-11(3)15-10-12(4)14-8-6-2/h2,4,6,8-11H2,1,3,5,7H3;5-6,11-12H,1-2,7-10H2,3-4H3. The Balaban J connectivity index is 0. The van der Waals surface area contributed by atoms with Crippen molar-refractivity contribution in [3.05, 3.63) is 61.8 Å². The molecule has 0 rings (SSSR count). The SMILES string of the molecule is C=C(C)C(=O)OCC(CC)(COC(=O)C(=C)C)COC(=O)C(=C)C.C=CCOCC(C)OCC(C)OCC=C. The minimum Gasteiger partial charge on any atom is -0.461 e. The smallest absolute Gasteiger partial charge is 0.333 e. The normalized spacial score (nSPS) is 12.1. The number of ether oxygens (including phenoxy) is 6. The molecule has 222 valence electrons. The molecular weight excluding hydrogens is 504 g/mol. The highest BCUT2D eigenvalue weighted by atomic mass is 16.6. The van der Waals surface area contributed by atoms with Gasteiger partial charge in [-0.05, 0) is 41.0 Å². The van der Waals surface area contributed by atoms with Crippen LogP contribution in [0.15, 0.2) is 61.8 Å². The lowest BCUT2D eigenvalue weighted by Crippen LogP contribution is -2.39. The summed E-state index contributed by atoms with van der Waals surface area (Å²) in [5.74, 6) is -1.69. The maximum atomic E-state index is 11.6. The second kappa shape index (κ2) is 21.9. The number of hydrogen-bond acceptors (Lipinski definition) is 9. The van der Waals surface area contributed by atoms with Crippen LogP contribution in [0.3, 0.4) is 0 Å². The van der Waals surface area contributed by atoms with Crippen molar-refractivity contribution in [1.82, 2.24) is 0 Å². The van der Waals surface area contributed by atoms with E-state index in [9.17, 15) is 14.4 Å². The summed E-state index contributed by atoms with van der Waals surface area (Å²) in [6.45, 7) is 30.1. The lowest BCUT2D eigenvalue weighted by atomic mass is 9.88. The van der Waals surface area contributed by atoms with Crippen LogP contribution < -0.4 is 0 Å². The van der Waals surface area contributed by atoms with Crippen molar-refractivity contribution in [3.63, 3.8) is 0 Å². The van der Waals surface area contributed by atoms with Crippen molar-refractivity contribution in [2.45, 2.75) is 60.2 Å². The van der Waals surface area contributed by atoms with Crippen LogP contribution >= 0.6 is 0 Å². The van der Waals surface area contributed by atoms with E-state index in [0.717, 1.165) is 0 Å². The molecule has 0 spiro atoms. The first kappa shape index (κ1) is 38.1. The van der Waals surface area contributed by atoms with Crippen LogP contribution in [-0.2, 0) is 42.8 Å². The molecule has 0 saturated carbocycles. The molecule has 0 fully saturated rings. The van der Waals surface area contributed by atoms with Crippen LogP contribution in [0.25, 0.3) is 0 Å². The van der Waals surface area contributed by atoms with Gasteiger partial charge in [-0.15, -0.1) is 13.2 Å². The Hall–Kier alpha value is -3.01. The third kappa shape index (κ3) is 19.7. The Labute approximate surface area is 234 Å². The van der Waals surface area contributed by atoms with E-state index in [1.165, 1.54) is 20.8 Å². The van der Waals surface area contributed by atoms with Crippen molar-refractivity contribution in [2.24, 2.45) is 5.41 Å². The molecule has 0 aliphatic rings. The number of carbonyl (C=O) groups excluding carboxylic acids is 3. The van der Waals surface area contributed by atoms with Gasteiger partial charge in [0.05, 0.1) is 44.1 Å². The second-order valence-electron chi connectivity index (χ2n) is 9.33. The van der Waals surface area contributed by atoms with Gasteiger partial charge >= 0.3 is 17.9 Å². The average Bonchev–Trinajstić information content (AvgIpc) is 2.90. The van der Waals surface area contributed by atoms with Gasteiger partial charge < -0.3 is 28.4 Å². The topological polar surface area (TPSA) is 107 Å². The molecule has 0 bridgehead atoms. The van der Waals surface area contributed by atoms with E-state index >= 15 is 0 Å². The van der Waals surface area contributed by atoms with Gasteiger partial charge in [0.15, 0.2) is 0 Å². The first-order valence-corrected chi connectivity index (χ1v) is 12.8. The number of carbonyl (C=O) groups is 3. The molecule has 9 nitrogen and oxygen atoms in total. The molecule has 0 radical (unpaired) electrons. The van der Waals surface area contributed by atoms with Gasteiger partial charge in [-0.3, -0.25) is 0 Å². The van der Waals surface area contributed by atoms with Gasteiger partial charge in [0, 0.05) is 16.7 Å². The molecule has 0 aliphatic heterocycles. The molecule has 0 amide bonds. The van der Waals surface area contributed by atoms with Crippen molar-refractivity contribution in [1.29, 1.82) is 0 Å². The zero-order valence-corrected chi connectivity index (χ0v) is 24.7. The predicted octanol–water partition coefficient (Wildman–Crippen LogP) is 4.93. The van der Waals surface area contributed by atoms with Gasteiger partial charge in [0.1, 0.15) is 19.8 Å². The predicted molar refractivity (Wildman–Crippen MR) is 152 cm³/mol. The summed E-state index contributed by atoms with van der Waals surface area (Å²) in [6.07, 6.45) is 4.07. The van der Waals surface area contributed by atoms with Gasteiger partial charge in [-0.2, -0.15) is 0 Å². The highest BCUT2D eigenvalue weighted by Crippen LogP contribution is 2.25. The lowest BCUT2D eigenvalue weighted by Gasteiger charge is -2.31. The van der Waals surface area contributed by atoms with Crippen LogP contribution in [0, 0.1) is 5.41 Å². The number of hydrogen-bond donors (Lipinski definition) is 0. The highest BCUT2D eigenvalue weighted by molar-refractivity contribution is 5.88. The molecular formula is C30H48O9. The minimum atomic E-state index is -0.860. The van der Waals surface area contributed by atoms with Crippen LogP contribution in [-0.4, -0.2) is 76.4 Å². The molecule has 2 atom stereocenters. The summed E-state index contributed by atoms with van der Waals surface area (Å²) in [5, 5.41) is 0. The Morgan fingerprint density at radius 2 is 1.08 bits per heavy atom. The first-order chi connectivity index (χ1) is 18.2. The summed E-state index contributed by atoms with van der Waals surface area (Å²) < 4.78 is 31.7. The summed E-state index contributed by atoms with van der Waals surface area (Å²) >= 11 is 0. The zero-order chi connectivity index (χ0) is 30.4. The maximum Gasteiger partial charge on any atom is 0.333 e. The highest BCUT2D eigenvalue weighted by Gasteiger charge is 2.34. The summed E-state index contributed by atoms with van der Waals surface area (Å²) in [5.41, 5.74) is -0.116. The Kier molecular flexibility index (Phi) is 21.4. The lowest BCUT2D eigenvalue weighted by molar-refractivity contribution is -0.157. The third-order valence-electron chi connectivity index (χ3n) is 5.03.